The number of ether oxygens (including phenoxy) is 1. The first-order chi connectivity index (χ1) is 17.9. The van der Waals surface area contributed by atoms with Gasteiger partial charge < -0.3 is 14.1 Å². The van der Waals surface area contributed by atoms with Gasteiger partial charge in [-0.2, -0.15) is 0 Å². The lowest BCUT2D eigenvalue weighted by atomic mass is 9.94. The van der Waals surface area contributed by atoms with Crippen molar-refractivity contribution in [1.82, 2.24) is 9.80 Å². The van der Waals surface area contributed by atoms with Crippen LogP contribution >= 0.6 is 0 Å². The summed E-state index contributed by atoms with van der Waals surface area (Å²) < 4.78 is 27.6. The summed E-state index contributed by atoms with van der Waals surface area (Å²) in [6, 6.07) is 4.12. The fourth-order valence-electron chi connectivity index (χ4n) is 5.93. The van der Waals surface area contributed by atoms with Crippen LogP contribution in [-0.4, -0.2) is 49.1 Å². The van der Waals surface area contributed by atoms with E-state index in [2.05, 4.69) is 41.7 Å². The molecule has 0 saturated carbocycles. The largest absolute Gasteiger partial charge is 0.482 e. The topological polar surface area (TPSA) is 28.9 Å². The second-order valence-electron chi connectivity index (χ2n) is 10.7. The van der Waals surface area contributed by atoms with Gasteiger partial charge in [0.05, 0.1) is 6.26 Å². The van der Waals surface area contributed by atoms with Gasteiger partial charge in [0.15, 0.2) is 11.5 Å². The molecule has 0 N–H and O–H groups in total. The van der Waals surface area contributed by atoms with E-state index in [1.807, 2.05) is 38.3 Å². The van der Waals surface area contributed by atoms with Crippen LogP contribution in [0.4, 0.5) is 4.39 Å². The van der Waals surface area contributed by atoms with Gasteiger partial charge in [-0.05, 0) is 80.6 Å². The number of likely N-dealkylation sites (tertiary alicyclic amines) is 1. The van der Waals surface area contributed by atoms with Gasteiger partial charge in [0, 0.05) is 54.5 Å². The molecule has 0 spiro atoms. The summed E-state index contributed by atoms with van der Waals surface area (Å²) in [7, 11) is 2.18. The van der Waals surface area contributed by atoms with Crippen molar-refractivity contribution in [1.29, 1.82) is 0 Å². The lowest BCUT2D eigenvalue weighted by Crippen LogP contribution is -2.58. The Morgan fingerprint density at radius 2 is 1.97 bits per heavy atom. The Morgan fingerprint density at radius 1 is 1.16 bits per heavy atom. The lowest BCUT2D eigenvalue weighted by molar-refractivity contribution is 0.0599. The summed E-state index contributed by atoms with van der Waals surface area (Å²) in [5.41, 5.74) is 11.8. The van der Waals surface area contributed by atoms with Crippen molar-refractivity contribution in [3.63, 3.8) is 0 Å². The zero-order chi connectivity index (χ0) is 25.7. The normalized spacial score (nSPS) is 20.8. The fraction of sp³-hybridized carbons (Fsp3) is 0.406. The average Bonchev–Trinajstić information content (AvgIpc) is 3.67. The predicted octanol–water partition coefficient (Wildman–Crippen LogP) is 7.00. The molecule has 1 fully saturated rings. The molecule has 0 radical (unpaired) electrons. The van der Waals surface area contributed by atoms with Crippen molar-refractivity contribution in [2.75, 3.05) is 33.2 Å². The molecule has 37 heavy (non-hydrogen) atoms. The summed E-state index contributed by atoms with van der Waals surface area (Å²) in [4.78, 5) is 4.95. The van der Waals surface area contributed by atoms with Crippen LogP contribution in [0.1, 0.15) is 72.8 Å². The molecule has 1 aromatic carbocycles. The summed E-state index contributed by atoms with van der Waals surface area (Å²) in [5.74, 6) is 1.27. The molecule has 1 aromatic heterocycles. The highest BCUT2D eigenvalue weighted by atomic mass is 19.1. The summed E-state index contributed by atoms with van der Waals surface area (Å²) in [5, 5.41) is 0. The van der Waals surface area contributed by atoms with Crippen molar-refractivity contribution in [2.45, 2.75) is 52.2 Å². The van der Waals surface area contributed by atoms with E-state index in [0.29, 0.717) is 11.6 Å². The van der Waals surface area contributed by atoms with Crippen LogP contribution in [0.15, 0.2) is 52.3 Å². The molecule has 2 aromatic rings. The van der Waals surface area contributed by atoms with Gasteiger partial charge in [0.2, 0.25) is 0 Å². The highest BCUT2D eigenvalue weighted by Crippen LogP contribution is 2.43. The number of hydrogen-bond donors (Lipinski definition) is 0. The molecule has 2 aliphatic carbocycles. The van der Waals surface area contributed by atoms with Crippen LogP contribution in [-0.2, 0) is 4.74 Å². The Labute approximate surface area is 219 Å². The third kappa shape index (κ3) is 4.46. The molecule has 6 rings (SSSR count). The predicted molar refractivity (Wildman–Crippen MR) is 147 cm³/mol. The Morgan fingerprint density at radius 3 is 2.65 bits per heavy atom. The number of allylic oxidation sites excluding steroid dienone is 4. The van der Waals surface area contributed by atoms with Crippen LogP contribution < -0.4 is 0 Å². The average molecular weight is 499 g/mol. The molecule has 192 valence electrons. The third-order valence-corrected chi connectivity index (χ3v) is 8.25. The number of furan rings is 1. The fourth-order valence-corrected chi connectivity index (χ4v) is 5.93. The van der Waals surface area contributed by atoms with Crippen molar-refractivity contribution in [2.24, 2.45) is 0 Å². The number of likely N-dealkylation sites (N-methyl/N-ethyl adjacent to an activating group) is 1. The highest BCUT2D eigenvalue weighted by molar-refractivity contribution is 5.83. The number of fused-ring (bicyclic) bond motifs is 1. The number of benzene rings is 1. The van der Waals surface area contributed by atoms with E-state index in [0.717, 1.165) is 84.8 Å². The molecule has 4 nitrogen and oxygen atoms in total. The molecule has 1 atom stereocenters. The molecule has 0 amide bonds. The Kier molecular flexibility index (Phi) is 6.32. The summed E-state index contributed by atoms with van der Waals surface area (Å²) in [6.45, 7) is 10.3. The molecule has 5 heteroatoms. The summed E-state index contributed by atoms with van der Waals surface area (Å²) >= 11 is 0. The molecule has 1 saturated heterocycles. The third-order valence-electron chi connectivity index (χ3n) is 8.25. The van der Waals surface area contributed by atoms with Crippen molar-refractivity contribution < 1.29 is 13.5 Å². The quantitative estimate of drug-likeness (QED) is 0.385. The minimum Gasteiger partial charge on any atom is -0.482 e. The Hall–Kier alpha value is -3.11. The van der Waals surface area contributed by atoms with Gasteiger partial charge in [-0.3, -0.25) is 4.90 Å². The molecule has 1 unspecified atom stereocenters. The van der Waals surface area contributed by atoms with Crippen LogP contribution in [0.5, 0.6) is 0 Å². The monoisotopic (exact) mass is 498 g/mol. The van der Waals surface area contributed by atoms with Crippen LogP contribution in [0.25, 0.3) is 23.0 Å². The maximum Gasteiger partial charge on any atom is 0.177 e. The SMILES string of the molecule is CCC1=C(OC(C)c2c(C3=CC3)ccc(F)c2C)c2occ(C3=CCN(C4CN(C)C4)CC3)c2C=C=C1. The number of nitrogens with zero attached hydrogens (tertiary/aromatic N) is 2. The van der Waals surface area contributed by atoms with Crippen LogP contribution in [0.3, 0.4) is 0 Å². The van der Waals surface area contributed by atoms with Crippen LogP contribution in [0, 0.1) is 12.7 Å². The lowest BCUT2D eigenvalue weighted by Gasteiger charge is -2.44. The molecular formula is C32H35FN2O2. The van der Waals surface area contributed by atoms with Crippen LogP contribution in [0.2, 0.25) is 0 Å². The van der Waals surface area contributed by atoms with E-state index >= 15 is 0 Å². The Bertz CT molecular complexity index is 1400. The van der Waals surface area contributed by atoms with E-state index < -0.39 is 0 Å². The number of rotatable bonds is 7. The molecular weight excluding hydrogens is 463 g/mol. The molecule has 0 bridgehead atoms. The van der Waals surface area contributed by atoms with E-state index in [-0.39, 0.29) is 11.9 Å². The van der Waals surface area contributed by atoms with Gasteiger partial charge in [-0.15, -0.1) is 5.73 Å². The second kappa shape index (κ2) is 9.64. The Balaban J connectivity index is 1.31. The van der Waals surface area contributed by atoms with Crippen molar-refractivity contribution in [3.05, 3.63) is 87.3 Å². The minimum atomic E-state index is -0.334. The highest BCUT2D eigenvalue weighted by Gasteiger charge is 2.32. The smallest absolute Gasteiger partial charge is 0.177 e. The van der Waals surface area contributed by atoms with E-state index in [9.17, 15) is 4.39 Å². The summed E-state index contributed by atoms with van der Waals surface area (Å²) in [6.07, 6.45) is 12.8. The van der Waals surface area contributed by atoms with E-state index in [1.54, 1.807) is 6.07 Å². The first kappa shape index (κ1) is 24.2. The second-order valence-corrected chi connectivity index (χ2v) is 10.7. The maximum absolute atomic E-state index is 14.6. The molecule has 4 aliphatic rings. The zero-order valence-corrected chi connectivity index (χ0v) is 22.2. The van der Waals surface area contributed by atoms with Gasteiger partial charge in [0.25, 0.3) is 0 Å². The number of halogens is 1. The minimum absolute atomic E-state index is 0.199. The van der Waals surface area contributed by atoms with Gasteiger partial charge >= 0.3 is 0 Å². The maximum atomic E-state index is 14.6. The standard InChI is InChI=1S/C32H35FN2O2/c1-5-22-7-6-8-27-28(24-13-15-35(16-14-24)25-17-34(4)18-25)19-36-32(27)31(22)37-21(3)30-20(2)29(33)12-11-26(30)23-9-10-23/h7-9,11-13,19,21,25H,5,10,14-18H2,1-4H3. The first-order valence-electron chi connectivity index (χ1n) is 13.5. The number of hydrogen-bond acceptors (Lipinski definition) is 4. The van der Waals surface area contributed by atoms with Gasteiger partial charge in [-0.1, -0.05) is 25.1 Å². The molecule has 2 aliphatic heterocycles. The van der Waals surface area contributed by atoms with Gasteiger partial charge in [-0.25, -0.2) is 4.39 Å². The van der Waals surface area contributed by atoms with Crippen molar-refractivity contribution in [3.8, 4) is 0 Å². The van der Waals surface area contributed by atoms with E-state index in [1.165, 1.54) is 11.1 Å². The molecule has 3 heterocycles. The zero-order valence-electron chi connectivity index (χ0n) is 22.2. The van der Waals surface area contributed by atoms with Gasteiger partial charge in [0.1, 0.15) is 11.9 Å². The van der Waals surface area contributed by atoms with Crippen molar-refractivity contribution >= 4 is 23.0 Å². The first-order valence-corrected chi connectivity index (χ1v) is 13.5. The van der Waals surface area contributed by atoms with E-state index in [4.69, 9.17) is 9.15 Å².